The Morgan fingerprint density at radius 3 is 2.46 bits per heavy atom. The van der Waals surface area contributed by atoms with Gasteiger partial charge in [0.1, 0.15) is 5.58 Å². The SMILES string of the molecule is Cc1ccc(C)c2c(C)c(C(=O)N3CC(C)CC(C(=O)O)C3)oc12. The Kier molecular flexibility index (Phi) is 4.11. The Hall–Kier alpha value is -2.30. The van der Waals surface area contributed by atoms with Gasteiger partial charge in [0.15, 0.2) is 5.76 Å². The molecule has 1 fully saturated rings. The number of likely N-dealkylation sites (tertiary alicyclic amines) is 1. The van der Waals surface area contributed by atoms with Crippen LogP contribution in [0.3, 0.4) is 0 Å². The first-order chi connectivity index (χ1) is 11.3. The Morgan fingerprint density at radius 1 is 1.17 bits per heavy atom. The number of carboxylic acid groups (broad SMARTS) is 1. The number of benzene rings is 1. The maximum absolute atomic E-state index is 13.0. The molecule has 24 heavy (non-hydrogen) atoms. The van der Waals surface area contributed by atoms with Gasteiger partial charge in [0, 0.05) is 24.0 Å². The molecule has 1 N–H and O–H groups in total. The molecule has 128 valence electrons. The molecule has 1 saturated heterocycles. The van der Waals surface area contributed by atoms with Crippen LogP contribution in [0, 0.1) is 32.6 Å². The number of carbonyl (C=O) groups is 2. The van der Waals surface area contributed by atoms with E-state index in [2.05, 4.69) is 0 Å². The summed E-state index contributed by atoms with van der Waals surface area (Å²) in [5, 5.41) is 10.3. The Balaban J connectivity index is 2.00. The van der Waals surface area contributed by atoms with E-state index in [1.165, 1.54) is 0 Å². The van der Waals surface area contributed by atoms with Gasteiger partial charge in [-0.15, -0.1) is 0 Å². The van der Waals surface area contributed by atoms with Crippen LogP contribution in [0.25, 0.3) is 11.0 Å². The Labute approximate surface area is 141 Å². The summed E-state index contributed by atoms with van der Waals surface area (Å²) in [5.74, 6) is -1.06. The van der Waals surface area contributed by atoms with Crippen molar-refractivity contribution in [1.29, 1.82) is 0 Å². The summed E-state index contributed by atoms with van der Waals surface area (Å²) in [6, 6.07) is 4.01. The Morgan fingerprint density at radius 2 is 1.83 bits per heavy atom. The minimum Gasteiger partial charge on any atom is -0.481 e. The second-order valence-electron chi connectivity index (χ2n) is 7.05. The smallest absolute Gasteiger partial charge is 0.308 e. The van der Waals surface area contributed by atoms with Crippen LogP contribution >= 0.6 is 0 Å². The number of piperidine rings is 1. The van der Waals surface area contributed by atoms with E-state index in [1.54, 1.807) is 4.90 Å². The molecular weight excluding hydrogens is 306 g/mol. The molecule has 0 spiro atoms. The first kappa shape index (κ1) is 16.6. The molecule has 1 aliphatic rings. The number of nitrogens with zero attached hydrogens (tertiary/aromatic N) is 1. The lowest BCUT2D eigenvalue weighted by Gasteiger charge is -2.34. The van der Waals surface area contributed by atoms with Gasteiger partial charge in [0.2, 0.25) is 0 Å². The van der Waals surface area contributed by atoms with Gasteiger partial charge in [-0.05, 0) is 44.2 Å². The highest BCUT2D eigenvalue weighted by Gasteiger charge is 2.34. The van der Waals surface area contributed by atoms with Crippen molar-refractivity contribution in [1.82, 2.24) is 4.90 Å². The third kappa shape index (κ3) is 2.68. The van der Waals surface area contributed by atoms with Crippen molar-refractivity contribution in [3.8, 4) is 0 Å². The third-order valence-corrected chi connectivity index (χ3v) is 4.97. The predicted molar refractivity (Wildman–Crippen MR) is 91.2 cm³/mol. The van der Waals surface area contributed by atoms with Crippen molar-refractivity contribution >= 4 is 22.8 Å². The summed E-state index contributed by atoms with van der Waals surface area (Å²) in [5.41, 5.74) is 3.65. The molecule has 1 aromatic carbocycles. The maximum Gasteiger partial charge on any atom is 0.308 e. The topological polar surface area (TPSA) is 70.8 Å². The summed E-state index contributed by atoms with van der Waals surface area (Å²) in [7, 11) is 0. The lowest BCUT2D eigenvalue weighted by molar-refractivity contribution is -0.143. The fraction of sp³-hybridized carbons (Fsp3) is 0.474. The molecule has 0 saturated carbocycles. The molecule has 5 nitrogen and oxygen atoms in total. The highest BCUT2D eigenvalue weighted by Crippen LogP contribution is 2.32. The van der Waals surface area contributed by atoms with E-state index in [0.717, 1.165) is 27.7 Å². The molecule has 3 rings (SSSR count). The van der Waals surface area contributed by atoms with E-state index in [0.29, 0.717) is 18.7 Å². The summed E-state index contributed by atoms with van der Waals surface area (Å²) in [4.78, 5) is 25.9. The zero-order valence-electron chi connectivity index (χ0n) is 14.5. The minimum atomic E-state index is -0.840. The van der Waals surface area contributed by atoms with Crippen LogP contribution in [-0.2, 0) is 4.79 Å². The molecule has 2 heterocycles. The van der Waals surface area contributed by atoms with Crippen molar-refractivity contribution < 1.29 is 19.1 Å². The summed E-state index contributed by atoms with van der Waals surface area (Å²) in [6.45, 7) is 8.65. The first-order valence-electron chi connectivity index (χ1n) is 8.31. The van der Waals surface area contributed by atoms with Crippen LogP contribution in [0.15, 0.2) is 16.5 Å². The van der Waals surface area contributed by atoms with Gasteiger partial charge >= 0.3 is 5.97 Å². The average Bonchev–Trinajstić information content (AvgIpc) is 2.88. The molecule has 0 bridgehead atoms. The minimum absolute atomic E-state index is 0.164. The number of carboxylic acids is 1. The molecule has 5 heteroatoms. The van der Waals surface area contributed by atoms with Gasteiger partial charge in [-0.2, -0.15) is 0 Å². The molecule has 2 unspecified atom stereocenters. The predicted octanol–water partition coefficient (Wildman–Crippen LogP) is 3.54. The largest absolute Gasteiger partial charge is 0.481 e. The second kappa shape index (κ2) is 5.96. The number of fused-ring (bicyclic) bond motifs is 1. The van der Waals surface area contributed by atoms with Gasteiger partial charge in [-0.1, -0.05) is 19.1 Å². The van der Waals surface area contributed by atoms with Crippen LogP contribution in [0.1, 0.15) is 40.6 Å². The summed E-state index contributed by atoms with van der Waals surface area (Å²) < 4.78 is 5.92. The molecule has 2 atom stereocenters. The van der Waals surface area contributed by atoms with E-state index >= 15 is 0 Å². The lowest BCUT2D eigenvalue weighted by Crippen LogP contribution is -2.45. The standard InChI is InChI=1S/C19H23NO4/c1-10-7-14(19(22)23)9-20(8-10)18(21)17-13(4)15-11(2)5-6-12(3)16(15)24-17/h5-6,10,14H,7-9H2,1-4H3,(H,22,23). The zero-order valence-corrected chi connectivity index (χ0v) is 14.5. The monoisotopic (exact) mass is 329 g/mol. The fourth-order valence-electron chi connectivity index (χ4n) is 3.72. The van der Waals surface area contributed by atoms with Crippen molar-refractivity contribution in [2.24, 2.45) is 11.8 Å². The number of hydrogen-bond donors (Lipinski definition) is 1. The van der Waals surface area contributed by atoms with Crippen molar-refractivity contribution in [3.63, 3.8) is 0 Å². The van der Waals surface area contributed by atoms with E-state index in [9.17, 15) is 14.7 Å². The van der Waals surface area contributed by atoms with Crippen LogP contribution in [0.4, 0.5) is 0 Å². The number of rotatable bonds is 2. The van der Waals surface area contributed by atoms with E-state index in [4.69, 9.17) is 4.42 Å². The number of hydrogen-bond acceptors (Lipinski definition) is 3. The first-order valence-corrected chi connectivity index (χ1v) is 8.31. The van der Waals surface area contributed by atoms with Crippen molar-refractivity contribution in [2.45, 2.75) is 34.1 Å². The van der Waals surface area contributed by atoms with Crippen LogP contribution in [-0.4, -0.2) is 35.0 Å². The number of carbonyl (C=O) groups excluding carboxylic acids is 1. The number of aryl methyl sites for hydroxylation is 3. The van der Waals surface area contributed by atoms with Crippen LogP contribution in [0.2, 0.25) is 0 Å². The second-order valence-corrected chi connectivity index (χ2v) is 7.05. The van der Waals surface area contributed by atoms with Gasteiger partial charge in [-0.3, -0.25) is 9.59 Å². The normalized spacial score (nSPS) is 21.2. The highest BCUT2D eigenvalue weighted by atomic mass is 16.4. The molecule has 1 aromatic heterocycles. The van der Waals surface area contributed by atoms with Crippen molar-refractivity contribution in [3.05, 3.63) is 34.6 Å². The van der Waals surface area contributed by atoms with E-state index < -0.39 is 11.9 Å². The Bertz CT molecular complexity index is 820. The van der Waals surface area contributed by atoms with Gasteiger partial charge in [0.25, 0.3) is 5.91 Å². The van der Waals surface area contributed by atoms with Gasteiger partial charge in [0.05, 0.1) is 5.92 Å². The molecule has 2 aromatic rings. The lowest BCUT2D eigenvalue weighted by atomic mass is 9.90. The molecule has 0 radical (unpaired) electrons. The van der Waals surface area contributed by atoms with Gasteiger partial charge in [-0.25, -0.2) is 0 Å². The molecular formula is C19H23NO4. The van der Waals surface area contributed by atoms with E-state index in [-0.39, 0.29) is 18.4 Å². The summed E-state index contributed by atoms with van der Waals surface area (Å²) in [6.07, 6.45) is 0.608. The number of amides is 1. The molecule has 1 amide bonds. The maximum atomic E-state index is 13.0. The number of furan rings is 1. The van der Waals surface area contributed by atoms with E-state index in [1.807, 2.05) is 39.8 Å². The van der Waals surface area contributed by atoms with Crippen molar-refractivity contribution in [2.75, 3.05) is 13.1 Å². The zero-order chi connectivity index (χ0) is 17.6. The molecule has 0 aliphatic carbocycles. The molecule has 1 aliphatic heterocycles. The summed E-state index contributed by atoms with van der Waals surface area (Å²) >= 11 is 0. The quantitative estimate of drug-likeness (QED) is 0.915. The third-order valence-electron chi connectivity index (χ3n) is 4.97. The average molecular weight is 329 g/mol. The van der Waals surface area contributed by atoms with Crippen LogP contribution in [0.5, 0.6) is 0 Å². The van der Waals surface area contributed by atoms with Crippen LogP contribution < -0.4 is 0 Å². The highest BCUT2D eigenvalue weighted by molar-refractivity contribution is 6.00. The number of aliphatic carboxylic acids is 1. The van der Waals surface area contributed by atoms with Gasteiger partial charge < -0.3 is 14.4 Å². The fourth-order valence-corrected chi connectivity index (χ4v) is 3.72.